The van der Waals surface area contributed by atoms with Crippen LogP contribution in [0, 0.1) is 6.92 Å². The van der Waals surface area contributed by atoms with E-state index in [2.05, 4.69) is 26.0 Å². The predicted octanol–water partition coefficient (Wildman–Crippen LogP) is 2.99. The molecule has 0 aliphatic carbocycles. The monoisotopic (exact) mass is 453 g/mol. The lowest BCUT2D eigenvalue weighted by Gasteiger charge is -2.12. The van der Waals surface area contributed by atoms with Gasteiger partial charge < -0.3 is 14.2 Å². The van der Waals surface area contributed by atoms with Crippen LogP contribution in [0.5, 0.6) is 11.5 Å². The van der Waals surface area contributed by atoms with E-state index < -0.39 is 5.97 Å². The molecule has 0 radical (unpaired) electrons. The zero-order valence-corrected chi connectivity index (χ0v) is 17.2. The summed E-state index contributed by atoms with van der Waals surface area (Å²) in [7, 11) is 1.52. The van der Waals surface area contributed by atoms with Gasteiger partial charge in [-0.1, -0.05) is 11.3 Å². The Morgan fingerprint density at radius 2 is 2.11 bits per heavy atom. The fourth-order valence-corrected chi connectivity index (χ4v) is 3.84. The molecule has 3 rings (SSSR count). The van der Waals surface area contributed by atoms with Crippen LogP contribution in [0.15, 0.2) is 27.5 Å². The van der Waals surface area contributed by atoms with Crippen LogP contribution < -0.4 is 15.0 Å². The van der Waals surface area contributed by atoms with Gasteiger partial charge >= 0.3 is 5.97 Å². The molecule has 8 nitrogen and oxygen atoms in total. The van der Waals surface area contributed by atoms with Gasteiger partial charge in [-0.3, -0.25) is 4.79 Å². The van der Waals surface area contributed by atoms with Crippen molar-refractivity contribution >= 4 is 38.2 Å². The lowest BCUT2D eigenvalue weighted by Crippen LogP contribution is -2.14. The van der Waals surface area contributed by atoms with Gasteiger partial charge in [-0.05, 0) is 41.9 Å². The summed E-state index contributed by atoms with van der Waals surface area (Å²) in [6, 6.07) is 4.55. The minimum atomic E-state index is -0.546. The molecule has 142 valence electrons. The van der Waals surface area contributed by atoms with Crippen LogP contribution in [0.3, 0.4) is 0 Å². The van der Waals surface area contributed by atoms with Gasteiger partial charge in [0.2, 0.25) is 4.96 Å². The summed E-state index contributed by atoms with van der Waals surface area (Å²) in [6.45, 7) is 3.93. The van der Waals surface area contributed by atoms with Gasteiger partial charge in [0.05, 0.1) is 23.8 Å². The van der Waals surface area contributed by atoms with Crippen molar-refractivity contribution in [2.24, 2.45) is 0 Å². The van der Waals surface area contributed by atoms with E-state index in [9.17, 15) is 9.59 Å². The van der Waals surface area contributed by atoms with Crippen LogP contribution in [0.4, 0.5) is 0 Å². The van der Waals surface area contributed by atoms with Crippen LogP contribution in [-0.2, 0) is 11.3 Å². The molecule has 0 aliphatic heterocycles. The zero-order valence-electron chi connectivity index (χ0n) is 14.8. The highest BCUT2D eigenvalue weighted by molar-refractivity contribution is 9.10. The lowest BCUT2D eigenvalue weighted by molar-refractivity contribution is 0.0470. The van der Waals surface area contributed by atoms with Crippen molar-refractivity contribution in [3.8, 4) is 11.5 Å². The summed E-state index contributed by atoms with van der Waals surface area (Å²) < 4.78 is 17.9. The number of carbonyl (C=O) groups excluding carboxylic acids is 1. The zero-order chi connectivity index (χ0) is 19.6. The average molecular weight is 454 g/mol. The van der Waals surface area contributed by atoms with Crippen LogP contribution in [0.2, 0.25) is 0 Å². The first-order valence-electron chi connectivity index (χ1n) is 7.96. The van der Waals surface area contributed by atoms with Crippen LogP contribution >= 0.6 is 27.3 Å². The van der Waals surface area contributed by atoms with E-state index in [4.69, 9.17) is 14.2 Å². The van der Waals surface area contributed by atoms with Gasteiger partial charge in [-0.2, -0.15) is 9.61 Å². The third kappa shape index (κ3) is 4.11. The van der Waals surface area contributed by atoms with E-state index in [0.717, 1.165) is 0 Å². The Kier molecular flexibility index (Phi) is 5.76. The topological polar surface area (TPSA) is 92.0 Å². The fraction of sp³-hybridized carbons (Fsp3) is 0.294. The lowest BCUT2D eigenvalue weighted by atomic mass is 10.2. The number of aromatic nitrogens is 3. The van der Waals surface area contributed by atoms with Crippen molar-refractivity contribution in [3.05, 3.63) is 49.3 Å². The third-order valence-corrected chi connectivity index (χ3v) is 4.96. The third-order valence-electron chi connectivity index (χ3n) is 3.49. The van der Waals surface area contributed by atoms with E-state index in [0.29, 0.717) is 43.8 Å². The van der Waals surface area contributed by atoms with Crippen molar-refractivity contribution in [2.75, 3.05) is 13.7 Å². The molecule has 10 heteroatoms. The van der Waals surface area contributed by atoms with Gasteiger partial charge in [-0.15, -0.1) is 0 Å². The number of aryl methyl sites for hydroxylation is 1. The summed E-state index contributed by atoms with van der Waals surface area (Å²) in [4.78, 5) is 29.0. The molecule has 0 spiro atoms. The minimum absolute atomic E-state index is 0.0705. The van der Waals surface area contributed by atoms with Crippen LogP contribution in [-0.4, -0.2) is 34.3 Å². The summed E-state index contributed by atoms with van der Waals surface area (Å²) in [5, 5.41) is 4.61. The Bertz CT molecular complexity index is 1060. The van der Waals surface area contributed by atoms with E-state index >= 15 is 0 Å². The predicted molar refractivity (Wildman–Crippen MR) is 103 cm³/mol. The van der Waals surface area contributed by atoms with E-state index in [-0.39, 0.29) is 12.2 Å². The normalized spacial score (nSPS) is 10.8. The van der Waals surface area contributed by atoms with Gasteiger partial charge in [0.1, 0.15) is 6.61 Å². The maximum atomic E-state index is 12.4. The molecule has 2 heterocycles. The second-order valence-corrected chi connectivity index (χ2v) is 7.32. The Morgan fingerprint density at radius 1 is 1.33 bits per heavy atom. The Hall–Kier alpha value is -2.46. The molecular weight excluding hydrogens is 438 g/mol. The van der Waals surface area contributed by atoms with Gasteiger partial charge in [-0.25, -0.2) is 9.78 Å². The summed E-state index contributed by atoms with van der Waals surface area (Å²) >= 11 is 4.55. The maximum Gasteiger partial charge on any atom is 0.338 e. The molecule has 0 fully saturated rings. The van der Waals surface area contributed by atoms with Crippen molar-refractivity contribution in [1.82, 2.24) is 14.6 Å². The number of esters is 1. The average Bonchev–Trinajstić information content (AvgIpc) is 3.03. The standard InChI is InChI=1S/C17H16BrN3O5S/c1-4-25-12-7-10(6-11(18)15(12)24-3)16(23)26-8-13-20-21-14(22)5-9(2)19-17(21)27-13/h5-7H,4,8H2,1-3H3. The second kappa shape index (κ2) is 8.05. The van der Waals surface area contributed by atoms with E-state index in [1.54, 1.807) is 19.1 Å². The number of ether oxygens (including phenoxy) is 3. The van der Waals surface area contributed by atoms with E-state index in [1.807, 2.05) is 6.92 Å². The van der Waals surface area contributed by atoms with E-state index in [1.165, 1.54) is 29.0 Å². The second-order valence-electron chi connectivity index (χ2n) is 5.42. The smallest absolute Gasteiger partial charge is 0.338 e. The maximum absolute atomic E-state index is 12.4. The molecular formula is C17H16BrN3O5S. The Labute approximate surface area is 166 Å². The first-order chi connectivity index (χ1) is 12.9. The number of halogens is 1. The number of rotatable bonds is 6. The first-order valence-corrected chi connectivity index (χ1v) is 9.57. The molecule has 0 amide bonds. The Morgan fingerprint density at radius 3 is 2.81 bits per heavy atom. The molecule has 27 heavy (non-hydrogen) atoms. The molecule has 0 atom stereocenters. The fourth-order valence-electron chi connectivity index (χ4n) is 2.38. The largest absolute Gasteiger partial charge is 0.492 e. The SMILES string of the molecule is CCOc1cc(C(=O)OCc2nn3c(=O)cc(C)nc3s2)cc(Br)c1OC. The number of fused-ring (bicyclic) bond motifs is 1. The van der Waals surface area contributed by atoms with Gasteiger partial charge in [0.25, 0.3) is 5.56 Å². The number of hydrogen-bond donors (Lipinski definition) is 0. The Balaban J connectivity index is 1.80. The summed E-state index contributed by atoms with van der Waals surface area (Å²) in [5.74, 6) is 0.392. The molecule has 0 saturated heterocycles. The number of hydrogen-bond acceptors (Lipinski definition) is 8. The van der Waals surface area contributed by atoms with Crippen molar-refractivity contribution in [3.63, 3.8) is 0 Å². The van der Waals surface area contributed by atoms with Crippen LogP contribution in [0.1, 0.15) is 28.0 Å². The quantitative estimate of drug-likeness (QED) is 0.529. The minimum Gasteiger partial charge on any atom is -0.492 e. The van der Waals surface area contributed by atoms with Crippen molar-refractivity contribution in [2.45, 2.75) is 20.5 Å². The number of benzene rings is 1. The number of nitrogens with zero attached hydrogens (tertiary/aromatic N) is 3. The summed E-state index contributed by atoms with van der Waals surface area (Å²) in [5.41, 5.74) is 0.642. The molecule has 2 aromatic heterocycles. The molecule has 0 unspecified atom stereocenters. The molecule has 0 aliphatic rings. The molecule has 0 N–H and O–H groups in total. The molecule has 3 aromatic rings. The molecule has 0 saturated carbocycles. The molecule has 1 aromatic carbocycles. The first kappa shape index (κ1) is 19.3. The molecule has 0 bridgehead atoms. The van der Waals surface area contributed by atoms with Gasteiger partial charge in [0.15, 0.2) is 16.5 Å². The van der Waals surface area contributed by atoms with Crippen molar-refractivity contribution in [1.29, 1.82) is 0 Å². The summed E-state index contributed by atoms with van der Waals surface area (Å²) in [6.07, 6.45) is 0. The highest BCUT2D eigenvalue weighted by Gasteiger charge is 2.17. The highest BCUT2D eigenvalue weighted by atomic mass is 79.9. The van der Waals surface area contributed by atoms with Crippen molar-refractivity contribution < 1.29 is 19.0 Å². The van der Waals surface area contributed by atoms with Crippen LogP contribution in [0.25, 0.3) is 4.96 Å². The van der Waals surface area contributed by atoms with Gasteiger partial charge in [0, 0.05) is 11.8 Å². The highest BCUT2D eigenvalue weighted by Crippen LogP contribution is 2.36. The number of methoxy groups -OCH3 is 1. The number of carbonyl (C=O) groups is 1.